The summed E-state index contributed by atoms with van der Waals surface area (Å²) in [6, 6.07) is 0.160. The highest BCUT2D eigenvalue weighted by Gasteiger charge is 2.26. The van der Waals surface area contributed by atoms with Crippen molar-refractivity contribution in [1.29, 1.82) is 0 Å². The van der Waals surface area contributed by atoms with Crippen LogP contribution < -0.4 is 10.6 Å². The highest BCUT2D eigenvalue weighted by molar-refractivity contribution is 7.85. The van der Waals surface area contributed by atoms with Gasteiger partial charge in [-0.3, -0.25) is 8.89 Å². The molecule has 1 aliphatic carbocycles. The summed E-state index contributed by atoms with van der Waals surface area (Å²) in [6.07, 6.45) is 7.25. The van der Waals surface area contributed by atoms with Crippen LogP contribution in [0.3, 0.4) is 0 Å². The number of nitrogens with zero attached hydrogens (tertiary/aromatic N) is 2. The number of nitrogens with one attached hydrogen (secondary N) is 2. The molecule has 2 N–H and O–H groups in total. The molecule has 124 valence electrons. The Bertz CT molecular complexity index is 529. The number of hydrogen-bond donors (Lipinski definition) is 2. The number of urea groups is 1. The number of carbonyl (C=O) groups excluding carboxylic acids is 1. The standard InChI is InChI=1S/C15H26N4O2S/c1-4-22(21)14-7-5-6-12(8-14)17-15(20)18-13-9-16-19(10-13)11(2)3/h9-12,14H,4-8H2,1-3H3,(H2,17,18,20). The molecule has 2 rings (SSSR count). The monoisotopic (exact) mass is 326 g/mol. The van der Waals surface area contributed by atoms with Gasteiger partial charge in [-0.15, -0.1) is 0 Å². The van der Waals surface area contributed by atoms with Gasteiger partial charge in [0.05, 0.1) is 11.9 Å². The Morgan fingerprint density at radius 2 is 2.27 bits per heavy atom. The van der Waals surface area contributed by atoms with E-state index in [1.54, 1.807) is 10.9 Å². The van der Waals surface area contributed by atoms with Crippen LogP contribution in [-0.2, 0) is 10.8 Å². The Kier molecular flexibility index (Phi) is 5.99. The van der Waals surface area contributed by atoms with Crippen LogP contribution in [0.15, 0.2) is 12.4 Å². The molecule has 0 saturated heterocycles. The van der Waals surface area contributed by atoms with Crippen molar-refractivity contribution in [3.8, 4) is 0 Å². The van der Waals surface area contributed by atoms with Gasteiger partial charge in [0.25, 0.3) is 0 Å². The fourth-order valence-corrected chi connectivity index (χ4v) is 4.14. The van der Waals surface area contributed by atoms with Crippen molar-refractivity contribution in [3.05, 3.63) is 12.4 Å². The van der Waals surface area contributed by atoms with Crippen LogP contribution in [0.25, 0.3) is 0 Å². The average molecular weight is 326 g/mol. The van der Waals surface area contributed by atoms with E-state index in [1.165, 1.54) is 0 Å². The Labute approximate surface area is 134 Å². The van der Waals surface area contributed by atoms with E-state index in [1.807, 2.05) is 27.0 Å². The van der Waals surface area contributed by atoms with Crippen molar-refractivity contribution in [2.75, 3.05) is 11.1 Å². The highest BCUT2D eigenvalue weighted by Crippen LogP contribution is 2.23. The molecule has 7 heteroatoms. The summed E-state index contributed by atoms with van der Waals surface area (Å²) >= 11 is 0. The van der Waals surface area contributed by atoms with Crippen LogP contribution in [0.5, 0.6) is 0 Å². The smallest absolute Gasteiger partial charge is 0.319 e. The second kappa shape index (κ2) is 7.76. The average Bonchev–Trinajstić information content (AvgIpc) is 2.95. The van der Waals surface area contributed by atoms with Crippen LogP contribution in [-0.4, -0.2) is 37.1 Å². The van der Waals surface area contributed by atoms with Gasteiger partial charge in [0, 0.05) is 40.1 Å². The van der Waals surface area contributed by atoms with E-state index in [0.717, 1.165) is 25.7 Å². The van der Waals surface area contributed by atoms with Crippen molar-refractivity contribution >= 4 is 22.5 Å². The maximum absolute atomic E-state index is 12.1. The molecule has 6 nitrogen and oxygen atoms in total. The van der Waals surface area contributed by atoms with Crippen LogP contribution in [0, 0.1) is 0 Å². The predicted molar refractivity (Wildman–Crippen MR) is 89.5 cm³/mol. The minimum atomic E-state index is -0.774. The van der Waals surface area contributed by atoms with Crippen LogP contribution >= 0.6 is 0 Å². The Morgan fingerprint density at radius 3 is 2.91 bits per heavy atom. The van der Waals surface area contributed by atoms with Gasteiger partial charge in [0.15, 0.2) is 0 Å². The van der Waals surface area contributed by atoms with Gasteiger partial charge >= 0.3 is 6.03 Å². The van der Waals surface area contributed by atoms with Gasteiger partial charge < -0.3 is 10.6 Å². The molecular weight excluding hydrogens is 300 g/mol. The van der Waals surface area contributed by atoms with Crippen molar-refractivity contribution in [2.24, 2.45) is 0 Å². The lowest BCUT2D eigenvalue weighted by Crippen LogP contribution is -2.42. The topological polar surface area (TPSA) is 76.0 Å². The van der Waals surface area contributed by atoms with E-state index in [4.69, 9.17) is 0 Å². The first-order valence-electron chi connectivity index (χ1n) is 7.98. The number of aromatic nitrogens is 2. The van der Waals surface area contributed by atoms with E-state index in [2.05, 4.69) is 15.7 Å². The third-order valence-electron chi connectivity index (χ3n) is 4.01. The summed E-state index contributed by atoms with van der Waals surface area (Å²) in [4.78, 5) is 12.1. The molecule has 3 unspecified atom stereocenters. The molecule has 1 aromatic rings. The molecule has 0 aliphatic heterocycles. The summed E-state index contributed by atoms with van der Waals surface area (Å²) in [6.45, 7) is 6.02. The third kappa shape index (κ3) is 4.56. The molecule has 1 heterocycles. The largest absolute Gasteiger partial charge is 0.335 e. The zero-order valence-electron chi connectivity index (χ0n) is 13.5. The van der Waals surface area contributed by atoms with Gasteiger partial charge in [-0.1, -0.05) is 13.3 Å². The van der Waals surface area contributed by atoms with Gasteiger partial charge in [0.2, 0.25) is 0 Å². The molecule has 0 bridgehead atoms. The summed E-state index contributed by atoms with van der Waals surface area (Å²) < 4.78 is 13.7. The van der Waals surface area contributed by atoms with E-state index in [0.29, 0.717) is 11.4 Å². The zero-order chi connectivity index (χ0) is 16.1. The Hall–Kier alpha value is -1.37. The maximum Gasteiger partial charge on any atom is 0.319 e. The molecule has 0 spiro atoms. The summed E-state index contributed by atoms with van der Waals surface area (Å²) in [5.41, 5.74) is 0.690. The predicted octanol–water partition coefficient (Wildman–Crippen LogP) is 2.67. The number of anilines is 1. The first-order valence-corrected chi connectivity index (χ1v) is 9.36. The lowest BCUT2D eigenvalue weighted by Gasteiger charge is -2.29. The Balaban J connectivity index is 1.84. The zero-order valence-corrected chi connectivity index (χ0v) is 14.4. The number of carbonyl (C=O) groups is 1. The van der Waals surface area contributed by atoms with Crippen LogP contribution in [0.1, 0.15) is 52.5 Å². The van der Waals surface area contributed by atoms with E-state index in [9.17, 15) is 9.00 Å². The molecule has 22 heavy (non-hydrogen) atoms. The minimum absolute atomic E-state index is 0.106. The fourth-order valence-electron chi connectivity index (χ4n) is 2.79. The van der Waals surface area contributed by atoms with Crippen LogP contribution in [0.2, 0.25) is 0 Å². The van der Waals surface area contributed by atoms with Crippen LogP contribution in [0.4, 0.5) is 10.5 Å². The maximum atomic E-state index is 12.1. The fraction of sp³-hybridized carbons (Fsp3) is 0.733. The van der Waals surface area contributed by atoms with Crippen molar-refractivity contribution < 1.29 is 9.00 Å². The van der Waals surface area contributed by atoms with Gasteiger partial charge in [-0.25, -0.2) is 4.79 Å². The summed E-state index contributed by atoms with van der Waals surface area (Å²) in [5, 5.41) is 10.2. The van der Waals surface area contributed by atoms with Crippen molar-refractivity contribution in [1.82, 2.24) is 15.1 Å². The SMILES string of the molecule is CCS(=O)C1CCCC(NC(=O)Nc2cnn(C(C)C)c2)C1. The van der Waals surface area contributed by atoms with E-state index in [-0.39, 0.29) is 23.4 Å². The minimum Gasteiger partial charge on any atom is -0.335 e. The Morgan fingerprint density at radius 1 is 1.50 bits per heavy atom. The van der Waals surface area contributed by atoms with Crippen molar-refractivity contribution in [3.63, 3.8) is 0 Å². The van der Waals surface area contributed by atoms with Crippen molar-refractivity contribution in [2.45, 2.75) is 63.8 Å². The first-order chi connectivity index (χ1) is 10.5. The molecule has 1 saturated carbocycles. The lowest BCUT2D eigenvalue weighted by molar-refractivity contribution is 0.244. The molecule has 1 aliphatic rings. The molecule has 0 aromatic carbocycles. The second-order valence-electron chi connectivity index (χ2n) is 6.06. The second-order valence-corrected chi connectivity index (χ2v) is 8.06. The molecule has 1 fully saturated rings. The third-order valence-corrected chi connectivity index (χ3v) is 5.75. The van der Waals surface area contributed by atoms with E-state index < -0.39 is 10.8 Å². The summed E-state index contributed by atoms with van der Waals surface area (Å²) in [5.74, 6) is 0.692. The molecular formula is C15H26N4O2S. The molecule has 3 atom stereocenters. The quantitative estimate of drug-likeness (QED) is 0.873. The number of rotatable bonds is 5. The number of hydrogen-bond acceptors (Lipinski definition) is 3. The van der Waals surface area contributed by atoms with Gasteiger partial charge in [-0.2, -0.15) is 5.10 Å². The molecule has 0 radical (unpaired) electrons. The van der Waals surface area contributed by atoms with Gasteiger partial charge in [-0.05, 0) is 33.1 Å². The molecule has 2 amide bonds. The molecule has 1 aromatic heterocycles. The lowest BCUT2D eigenvalue weighted by atomic mass is 9.95. The van der Waals surface area contributed by atoms with Gasteiger partial charge in [0.1, 0.15) is 0 Å². The summed E-state index contributed by atoms with van der Waals surface area (Å²) in [7, 11) is -0.774. The number of amides is 2. The normalized spacial score (nSPS) is 23.3. The highest BCUT2D eigenvalue weighted by atomic mass is 32.2. The van der Waals surface area contributed by atoms with E-state index >= 15 is 0 Å². The first kappa shape index (κ1) is 17.0.